The Morgan fingerprint density at radius 1 is 1.41 bits per heavy atom. The van der Waals surface area contributed by atoms with Crippen LogP contribution in [0.5, 0.6) is 0 Å². The van der Waals surface area contributed by atoms with E-state index in [1.807, 2.05) is 6.92 Å². The Morgan fingerprint density at radius 3 is 3.03 bits per heavy atom. The fourth-order valence-corrected chi connectivity index (χ4v) is 6.52. The van der Waals surface area contributed by atoms with E-state index < -0.39 is 18.2 Å². The van der Waals surface area contributed by atoms with Crippen LogP contribution in [-0.2, 0) is 19.0 Å². The topological polar surface area (TPSA) is 91.7 Å². The first kappa shape index (κ1) is 19.1. The molecule has 1 unspecified atom stereocenters. The van der Waals surface area contributed by atoms with Gasteiger partial charge in [-0.3, -0.25) is 9.36 Å². The van der Waals surface area contributed by atoms with Gasteiger partial charge >= 0.3 is 11.7 Å². The average molecular weight is 403 g/mol. The molecule has 6 atom stereocenters. The van der Waals surface area contributed by atoms with Crippen LogP contribution in [0.25, 0.3) is 0 Å². The number of anilines is 1. The van der Waals surface area contributed by atoms with Crippen LogP contribution in [0.4, 0.5) is 5.82 Å². The highest BCUT2D eigenvalue weighted by molar-refractivity contribution is 5.79. The lowest BCUT2D eigenvalue weighted by Gasteiger charge is -2.37. The number of nitrogens with zero attached hydrogens (tertiary/aromatic N) is 2. The van der Waals surface area contributed by atoms with E-state index in [-0.39, 0.29) is 24.6 Å². The summed E-state index contributed by atoms with van der Waals surface area (Å²) in [6.45, 7) is 5.23. The fourth-order valence-electron chi connectivity index (χ4n) is 6.52. The van der Waals surface area contributed by atoms with Gasteiger partial charge in [0, 0.05) is 12.7 Å². The molecule has 0 spiro atoms. The lowest BCUT2D eigenvalue weighted by atomic mass is 9.68. The Bertz CT molecular complexity index is 872. The molecule has 29 heavy (non-hydrogen) atoms. The number of hydrogen-bond donors (Lipinski definition) is 1. The van der Waals surface area contributed by atoms with E-state index >= 15 is 0 Å². The maximum atomic E-state index is 13.0. The molecular weight excluding hydrogens is 374 g/mol. The molecule has 5 aliphatic rings. The first-order valence-electron chi connectivity index (χ1n) is 10.7. The minimum absolute atomic E-state index is 0.0584. The first-order valence-corrected chi connectivity index (χ1v) is 10.7. The van der Waals surface area contributed by atoms with Gasteiger partial charge in [0.05, 0.1) is 12.0 Å². The summed E-state index contributed by atoms with van der Waals surface area (Å²) < 4.78 is 18.5. The van der Waals surface area contributed by atoms with Crippen molar-refractivity contribution < 1.29 is 19.0 Å². The predicted octanol–water partition coefficient (Wildman–Crippen LogP) is 2.31. The van der Waals surface area contributed by atoms with E-state index in [0.717, 1.165) is 19.3 Å². The van der Waals surface area contributed by atoms with Gasteiger partial charge < -0.3 is 19.5 Å². The maximum Gasteiger partial charge on any atom is 0.351 e. The Labute approximate surface area is 169 Å². The van der Waals surface area contributed by atoms with Crippen LogP contribution in [-0.4, -0.2) is 41.6 Å². The Kier molecular flexibility index (Phi) is 4.47. The molecule has 1 saturated heterocycles. The van der Waals surface area contributed by atoms with E-state index in [2.05, 4.69) is 17.2 Å². The second-order valence-corrected chi connectivity index (χ2v) is 9.54. The molecule has 1 aromatic heterocycles. The molecule has 1 aliphatic heterocycles. The molecule has 4 aliphatic carbocycles. The summed E-state index contributed by atoms with van der Waals surface area (Å²) in [6.07, 6.45) is 5.91. The summed E-state index contributed by atoms with van der Waals surface area (Å²) in [7, 11) is 0. The number of carbonyl (C=O) groups excluding carboxylic acids is 1. The van der Waals surface area contributed by atoms with E-state index in [4.69, 9.17) is 14.2 Å². The molecule has 158 valence electrons. The highest BCUT2D eigenvalue weighted by atomic mass is 16.7. The molecule has 0 amide bonds. The van der Waals surface area contributed by atoms with Crippen LogP contribution in [0.3, 0.4) is 0 Å². The number of esters is 1. The number of nitrogens with one attached hydrogen (secondary N) is 1. The molecule has 4 saturated carbocycles. The van der Waals surface area contributed by atoms with Crippen molar-refractivity contribution in [3.63, 3.8) is 0 Å². The molecule has 2 heterocycles. The van der Waals surface area contributed by atoms with Crippen LogP contribution < -0.4 is 11.0 Å². The second-order valence-electron chi connectivity index (χ2n) is 9.54. The highest BCUT2D eigenvalue weighted by Crippen LogP contribution is 2.70. The van der Waals surface area contributed by atoms with Crippen molar-refractivity contribution in [1.29, 1.82) is 0 Å². The molecule has 1 aromatic rings. The van der Waals surface area contributed by atoms with Crippen molar-refractivity contribution >= 4 is 11.8 Å². The van der Waals surface area contributed by atoms with Crippen LogP contribution in [0, 0.1) is 22.7 Å². The van der Waals surface area contributed by atoms with Gasteiger partial charge in [0.1, 0.15) is 12.4 Å². The van der Waals surface area contributed by atoms with E-state index in [9.17, 15) is 9.59 Å². The molecule has 4 bridgehead atoms. The van der Waals surface area contributed by atoms with Gasteiger partial charge in [-0.2, -0.15) is 4.98 Å². The van der Waals surface area contributed by atoms with E-state index in [1.54, 1.807) is 12.3 Å². The lowest BCUT2D eigenvalue weighted by Crippen LogP contribution is -2.37. The minimum atomic E-state index is -0.660. The van der Waals surface area contributed by atoms with Crippen molar-refractivity contribution in [3.05, 3.63) is 22.7 Å². The Balaban J connectivity index is 1.18. The quantitative estimate of drug-likeness (QED) is 0.729. The zero-order valence-electron chi connectivity index (χ0n) is 17.1. The van der Waals surface area contributed by atoms with Gasteiger partial charge in [0.15, 0.2) is 12.5 Å². The summed E-state index contributed by atoms with van der Waals surface area (Å²) in [5.74, 6) is 1.59. The summed E-state index contributed by atoms with van der Waals surface area (Å²) in [4.78, 5) is 29.2. The monoisotopic (exact) mass is 403 g/mol. The number of aromatic nitrogens is 2. The standard InChI is InChI=1S/C21H29N3O5/c1-3-22-15-4-5-24(19(26)23-15)16-10-27-17(29-16)11-28-18(25)21-8-13-6-14(21)9-20(2,7-13)12-21/h4-5,13-14,16-17H,3,6-12H2,1-2H3,(H,22,23,26)/t13-,14+,16-,17-,20-,21?/m0/s1. The molecule has 0 radical (unpaired) electrons. The van der Waals surface area contributed by atoms with Crippen molar-refractivity contribution in [2.75, 3.05) is 25.1 Å². The van der Waals surface area contributed by atoms with Crippen molar-refractivity contribution in [2.24, 2.45) is 22.7 Å². The van der Waals surface area contributed by atoms with Gasteiger partial charge in [0.25, 0.3) is 0 Å². The van der Waals surface area contributed by atoms with Crippen LogP contribution in [0.15, 0.2) is 17.1 Å². The summed E-state index contributed by atoms with van der Waals surface area (Å²) >= 11 is 0. The Hall–Kier alpha value is -1.93. The highest BCUT2D eigenvalue weighted by Gasteiger charge is 2.66. The molecule has 1 N–H and O–H groups in total. The van der Waals surface area contributed by atoms with Crippen molar-refractivity contribution in [3.8, 4) is 0 Å². The molecule has 5 fully saturated rings. The molecule has 8 heteroatoms. The smallest absolute Gasteiger partial charge is 0.351 e. The Morgan fingerprint density at radius 2 is 2.28 bits per heavy atom. The molecule has 6 rings (SSSR count). The predicted molar refractivity (Wildman–Crippen MR) is 104 cm³/mol. The van der Waals surface area contributed by atoms with Crippen LogP contribution in [0.1, 0.15) is 52.2 Å². The number of carbonyl (C=O) groups is 1. The van der Waals surface area contributed by atoms with Crippen LogP contribution in [0.2, 0.25) is 0 Å². The van der Waals surface area contributed by atoms with Gasteiger partial charge in [-0.05, 0) is 62.3 Å². The zero-order valence-corrected chi connectivity index (χ0v) is 17.1. The molecular formula is C21H29N3O5. The number of rotatable bonds is 6. The SMILES string of the molecule is CCNc1ccn([C@@H]2CO[C@H](COC(=O)C34C[C@H]5C[C@@H]3C[C@](C)(C5)C4)O2)c(=O)n1. The first-order chi connectivity index (χ1) is 13.9. The molecule has 0 aromatic carbocycles. The fraction of sp³-hybridized carbons (Fsp3) is 0.762. The third-order valence-electron chi connectivity index (χ3n) is 7.30. The third-order valence-corrected chi connectivity index (χ3v) is 7.30. The third kappa shape index (κ3) is 3.17. The van der Waals surface area contributed by atoms with Crippen molar-refractivity contribution in [2.45, 2.75) is 58.5 Å². The van der Waals surface area contributed by atoms with Crippen LogP contribution >= 0.6 is 0 Å². The van der Waals surface area contributed by atoms with E-state index in [0.29, 0.717) is 29.6 Å². The largest absolute Gasteiger partial charge is 0.460 e. The van der Waals surface area contributed by atoms with Gasteiger partial charge in [0.2, 0.25) is 0 Å². The summed E-state index contributed by atoms with van der Waals surface area (Å²) in [5, 5.41) is 3.01. The van der Waals surface area contributed by atoms with Crippen molar-refractivity contribution in [1.82, 2.24) is 9.55 Å². The average Bonchev–Trinajstić information content (AvgIpc) is 3.28. The number of ether oxygens (including phenoxy) is 3. The van der Waals surface area contributed by atoms with Gasteiger partial charge in [-0.1, -0.05) is 6.92 Å². The maximum absolute atomic E-state index is 13.0. The minimum Gasteiger partial charge on any atom is -0.460 e. The van der Waals surface area contributed by atoms with E-state index in [1.165, 1.54) is 17.4 Å². The lowest BCUT2D eigenvalue weighted by molar-refractivity contribution is -0.172. The summed E-state index contributed by atoms with van der Waals surface area (Å²) in [6, 6.07) is 1.73. The molecule has 8 nitrogen and oxygen atoms in total. The summed E-state index contributed by atoms with van der Waals surface area (Å²) in [5.41, 5.74) is -0.386. The zero-order chi connectivity index (χ0) is 20.2. The normalized spacial score (nSPS) is 39.8. The number of hydrogen-bond acceptors (Lipinski definition) is 7. The van der Waals surface area contributed by atoms with Gasteiger partial charge in [-0.25, -0.2) is 4.79 Å². The second kappa shape index (κ2) is 6.80. The van der Waals surface area contributed by atoms with Gasteiger partial charge in [-0.15, -0.1) is 0 Å².